The molecule has 0 fully saturated rings. The summed E-state index contributed by atoms with van der Waals surface area (Å²) in [5.41, 5.74) is -0.0489. The second-order valence-corrected chi connectivity index (χ2v) is 7.10. The molecule has 2 rings (SSSR count). The molecular weight excluding hydrogens is 405 g/mol. The van der Waals surface area contributed by atoms with Gasteiger partial charge in [0.25, 0.3) is 0 Å². The van der Waals surface area contributed by atoms with Crippen LogP contribution in [0.15, 0.2) is 53.8 Å². The van der Waals surface area contributed by atoms with Gasteiger partial charge >= 0.3 is 12.2 Å². The van der Waals surface area contributed by atoms with Gasteiger partial charge in [-0.1, -0.05) is 50.3 Å². The van der Waals surface area contributed by atoms with Crippen molar-refractivity contribution in [1.29, 1.82) is 0 Å². The fourth-order valence-electron chi connectivity index (χ4n) is 3.37. The average molecular weight is 433 g/mol. The molecule has 0 aliphatic carbocycles. The SMILES string of the molecule is CC.CC1=C(/C=C\C(C)Cl)NC(=O)N(CC(F)(F)F)C1(CCO)c1ccccc1. The Morgan fingerprint density at radius 1 is 1.28 bits per heavy atom. The number of amides is 2. The van der Waals surface area contributed by atoms with Crippen LogP contribution in [0.25, 0.3) is 0 Å². The number of carbonyl (C=O) groups is 1. The quantitative estimate of drug-likeness (QED) is 0.596. The van der Waals surface area contributed by atoms with Gasteiger partial charge < -0.3 is 15.3 Å². The Morgan fingerprint density at radius 3 is 2.34 bits per heavy atom. The van der Waals surface area contributed by atoms with E-state index in [0.717, 1.165) is 4.90 Å². The lowest BCUT2D eigenvalue weighted by atomic mass is 9.76. The monoisotopic (exact) mass is 432 g/mol. The van der Waals surface area contributed by atoms with Crippen LogP contribution >= 0.6 is 11.6 Å². The summed E-state index contributed by atoms with van der Waals surface area (Å²) in [5, 5.41) is 11.9. The van der Waals surface area contributed by atoms with Crippen molar-refractivity contribution in [3.05, 3.63) is 59.3 Å². The molecule has 8 heteroatoms. The van der Waals surface area contributed by atoms with Crippen LogP contribution in [-0.2, 0) is 5.54 Å². The molecule has 1 aliphatic heterocycles. The molecule has 0 saturated carbocycles. The summed E-state index contributed by atoms with van der Waals surface area (Å²) in [6.45, 7) is 5.56. The van der Waals surface area contributed by atoms with Crippen molar-refractivity contribution in [2.75, 3.05) is 13.2 Å². The van der Waals surface area contributed by atoms with Crippen molar-refractivity contribution < 1.29 is 23.1 Å². The first-order valence-electron chi connectivity index (χ1n) is 9.47. The van der Waals surface area contributed by atoms with E-state index in [1.165, 1.54) is 0 Å². The van der Waals surface area contributed by atoms with E-state index < -0.39 is 30.9 Å². The van der Waals surface area contributed by atoms with Crippen molar-refractivity contribution in [3.63, 3.8) is 0 Å². The number of rotatable bonds is 6. The second-order valence-electron chi connectivity index (χ2n) is 6.41. The molecule has 0 aromatic heterocycles. The first-order chi connectivity index (χ1) is 13.6. The molecule has 1 heterocycles. The molecule has 162 valence electrons. The molecule has 0 bridgehead atoms. The smallest absolute Gasteiger partial charge is 0.396 e. The molecular formula is C21H28ClF3N2O2. The zero-order chi connectivity index (χ0) is 22.2. The Morgan fingerprint density at radius 2 is 1.86 bits per heavy atom. The number of aliphatic hydroxyl groups is 1. The number of nitrogens with zero attached hydrogens (tertiary/aromatic N) is 1. The van der Waals surface area contributed by atoms with E-state index in [2.05, 4.69) is 5.32 Å². The summed E-state index contributed by atoms with van der Waals surface area (Å²) in [4.78, 5) is 13.4. The first-order valence-corrected chi connectivity index (χ1v) is 9.91. The molecule has 29 heavy (non-hydrogen) atoms. The van der Waals surface area contributed by atoms with Gasteiger partial charge in [0.2, 0.25) is 0 Å². The number of nitrogens with one attached hydrogen (secondary N) is 1. The van der Waals surface area contributed by atoms with Crippen LogP contribution in [0.2, 0.25) is 0 Å². The minimum absolute atomic E-state index is 0.0693. The van der Waals surface area contributed by atoms with Crippen LogP contribution in [0.5, 0.6) is 0 Å². The zero-order valence-corrected chi connectivity index (χ0v) is 17.8. The van der Waals surface area contributed by atoms with Crippen molar-refractivity contribution in [2.45, 2.75) is 51.2 Å². The van der Waals surface area contributed by atoms with Crippen LogP contribution in [0.3, 0.4) is 0 Å². The molecule has 2 N–H and O–H groups in total. The lowest BCUT2D eigenvalue weighted by Gasteiger charge is -2.48. The number of hydrogen-bond acceptors (Lipinski definition) is 2. The number of urea groups is 1. The largest absolute Gasteiger partial charge is 0.406 e. The average Bonchev–Trinajstić information content (AvgIpc) is 2.67. The molecule has 0 radical (unpaired) electrons. The van der Waals surface area contributed by atoms with Crippen LogP contribution in [0.4, 0.5) is 18.0 Å². The molecule has 2 amide bonds. The Kier molecular flexibility index (Phi) is 9.23. The Hall–Kier alpha value is -1.99. The van der Waals surface area contributed by atoms with Gasteiger partial charge in [-0.25, -0.2) is 4.79 Å². The third-order valence-corrected chi connectivity index (χ3v) is 4.71. The number of halogens is 4. The minimum atomic E-state index is -4.59. The molecule has 4 nitrogen and oxygen atoms in total. The van der Waals surface area contributed by atoms with E-state index in [9.17, 15) is 23.1 Å². The fourth-order valence-corrected chi connectivity index (χ4v) is 3.44. The molecule has 1 aromatic carbocycles. The van der Waals surface area contributed by atoms with E-state index in [4.69, 9.17) is 11.6 Å². The third-order valence-electron chi connectivity index (χ3n) is 4.56. The standard InChI is InChI=1S/C19H22ClF3N2O2.C2H6/c1-13(20)8-9-16-14(2)18(10-11-26,15-6-4-3-5-7-15)25(17(27)24-16)12-19(21,22)23;1-2/h3-9,13,26H,10-12H2,1-2H3,(H,24,27);1-2H3/b9-8-;. The summed E-state index contributed by atoms with van der Waals surface area (Å²) >= 11 is 5.92. The Balaban J connectivity index is 0.00000204. The molecule has 2 atom stereocenters. The van der Waals surface area contributed by atoms with Crippen LogP contribution < -0.4 is 5.32 Å². The van der Waals surface area contributed by atoms with Gasteiger partial charge in [-0.2, -0.15) is 13.2 Å². The van der Waals surface area contributed by atoms with Gasteiger partial charge in [-0.15, -0.1) is 11.6 Å². The second kappa shape index (κ2) is 10.7. The van der Waals surface area contributed by atoms with Gasteiger partial charge in [-0.3, -0.25) is 0 Å². The molecule has 1 aromatic rings. The summed E-state index contributed by atoms with van der Waals surface area (Å²) in [7, 11) is 0. The lowest BCUT2D eigenvalue weighted by Crippen LogP contribution is -2.60. The van der Waals surface area contributed by atoms with Gasteiger partial charge in [0, 0.05) is 24.1 Å². The fraction of sp³-hybridized carbons (Fsp3) is 0.476. The van der Waals surface area contributed by atoms with Gasteiger partial charge in [0.05, 0.1) is 5.54 Å². The van der Waals surface area contributed by atoms with Gasteiger partial charge in [-0.05, 0) is 31.1 Å². The van der Waals surface area contributed by atoms with Crippen molar-refractivity contribution in [1.82, 2.24) is 10.2 Å². The number of carbonyl (C=O) groups excluding carboxylic acids is 1. The van der Waals surface area contributed by atoms with Crippen molar-refractivity contribution in [2.24, 2.45) is 0 Å². The number of allylic oxidation sites excluding steroid dienone is 2. The molecule has 1 aliphatic rings. The minimum Gasteiger partial charge on any atom is -0.396 e. The maximum atomic E-state index is 13.3. The lowest BCUT2D eigenvalue weighted by molar-refractivity contribution is -0.150. The third kappa shape index (κ3) is 6.00. The highest BCUT2D eigenvalue weighted by molar-refractivity contribution is 6.21. The van der Waals surface area contributed by atoms with Gasteiger partial charge in [0.1, 0.15) is 6.54 Å². The number of aliphatic hydroxyl groups excluding tert-OH is 1. The van der Waals surface area contributed by atoms with Crippen molar-refractivity contribution in [3.8, 4) is 0 Å². The highest BCUT2D eigenvalue weighted by Gasteiger charge is 2.50. The molecule has 2 unspecified atom stereocenters. The highest BCUT2D eigenvalue weighted by atomic mass is 35.5. The predicted molar refractivity (Wildman–Crippen MR) is 110 cm³/mol. The summed E-state index contributed by atoms with van der Waals surface area (Å²) in [6, 6.07) is 7.56. The van der Waals surface area contributed by atoms with E-state index >= 15 is 0 Å². The molecule has 0 spiro atoms. The number of hydrogen-bond donors (Lipinski definition) is 2. The zero-order valence-electron chi connectivity index (χ0n) is 17.1. The highest BCUT2D eigenvalue weighted by Crippen LogP contribution is 2.44. The predicted octanol–water partition coefficient (Wildman–Crippen LogP) is 5.34. The van der Waals surface area contributed by atoms with Crippen LogP contribution in [0, 0.1) is 0 Å². The van der Waals surface area contributed by atoms with Crippen molar-refractivity contribution >= 4 is 17.6 Å². The van der Waals surface area contributed by atoms with E-state index in [0.29, 0.717) is 16.8 Å². The maximum absolute atomic E-state index is 13.3. The summed E-state index contributed by atoms with van der Waals surface area (Å²) in [5.74, 6) is 0. The van der Waals surface area contributed by atoms with E-state index in [1.54, 1.807) is 56.3 Å². The van der Waals surface area contributed by atoms with Gasteiger partial charge in [0.15, 0.2) is 0 Å². The normalized spacial score (nSPS) is 21.0. The van der Waals surface area contributed by atoms with E-state index in [-0.39, 0.29) is 11.8 Å². The Bertz CT molecular complexity index is 733. The molecule has 0 saturated heterocycles. The number of benzene rings is 1. The van der Waals surface area contributed by atoms with E-state index in [1.807, 2.05) is 13.8 Å². The topological polar surface area (TPSA) is 52.6 Å². The maximum Gasteiger partial charge on any atom is 0.406 e. The summed E-state index contributed by atoms with van der Waals surface area (Å²) < 4.78 is 39.8. The first kappa shape index (κ1) is 25.0. The summed E-state index contributed by atoms with van der Waals surface area (Å²) in [6.07, 6.45) is -1.44. The van der Waals surface area contributed by atoms with Crippen LogP contribution in [0.1, 0.15) is 39.7 Å². The number of alkyl halides is 4. The Labute approximate surface area is 175 Å². The van der Waals surface area contributed by atoms with Crippen LogP contribution in [-0.4, -0.2) is 40.7 Å².